The minimum Gasteiger partial charge on any atom is -0.373 e. The van der Waals surface area contributed by atoms with E-state index in [1.54, 1.807) is 6.42 Å². The normalized spacial score (nSPS) is 53.2. The van der Waals surface area contributed by atoms with Crippen molar-refractivity contribution < 1.29 is 4.74 Å². The summed E-state index contributed by atoms with van der Waals surface area (Å²) >= 11 is 0. The molecule has 8 saturated carbocycles. The number of hydrogen-bond donors (Lipinski definition) is 2. The van der Waals surface area contributed by atoms with Crippen molar-refractivity contribution in [3.8, 4) is 0 Å². The molecule has 20 unspecified atom stereocenters. The first kappa shape index (κ1) is 40.1. The van der Waals surface area contributed by atoms with Gasteiger partial charge in [0.1, 0.15) is 0 Å². The molecule has 2 N–H and O–H groups in total. The van der Waals surface area contributed by atoms with Gasteiger partial charge < -0.3 is 4.74 Å². The highest BCUT2D eigenvalue weighted by molar-refractivity contribution is 5.12. The van der Waals surface area contributed by atoms with Crippen LogP contribution in [0.25, 0.3) is 0 Å². The fraction of sp³-hybridized carbons (Fsp3) is 0.963. The average molecular weight is 809 g/mol. The van der Waals surface area contributed by atoms with Crippen LogP contribution >= 0.6 is 0 Å². The van der Waals surface area contributed by atoms with Crippen molar-refractivity contribution >= 4 is 0 Å². The van der Waals surface area contributed by atoms with Gasteiger partial charge in [-0.25, -0.2) is 10.4 Å². The van der Waals surface area contributed by atoms with E-state index in [1.807, 2.05) is 0 Å². The van der Waals surface area contributed by atoms with Crippen molar-refractivity contribution in [1.29, 1.82) is 0 Å². The summed E-state index contributed by atoms with van der Waals surface area (Å²) in [6.45, 7) is 5.28. The van der Waals surface area contributed by atoms with Gasteiger partial charge in [0.05, 0.1) is 24.5 Å². The third-order valence-corrected chi connectivity index (χ3v) is 22.0. The lowest BCUT2D eigenvalue weighted by atomic mass is 9.54. The standard InChI is InChI=1S/C54H88N4O/c1-34-14-13-27-57(49-31-38-19-7-5-17-36(38)28-45(34)49)48-26-25-44(51-47-29-37-18-6-8-20-39(37)32-50(47)59-52(48)51)54-55-53(56-58(54)33-35-15-3-2-4-16-35)46-30-40-21-9-10-22-41(40)42-23-11-12-24-43(42)46/h5,7,34-56H,2-4,6,8-33H2,1H3. The van der Waals surface area contributed by atoms with E-state index >= 15 is 0 Å². The predicted molar refractivity (Wildman–Crippen MR) is 240 cm³/mol. The van der Waals surface area contributed by atoms with Gasteiger partial charge in [-0.1, -0.05) is 96.1 Å². The van der Waals surface area contributed by atoms with Crippen LogP contribution in [0.4, 0.5) is 0 Å². The van der Waals surface area contributed by atoms with Gasteiger partial charge in [-0.15, -0.1) is 0 Å². The molecule has 3 heterocycles. The Morgan fingerprint density at radius 3 is 2.00 bits per heavy atom. The molecular formula is C54H88N4O. The number of hydrazine groups is 1. The van der Waals surface area contributed by atoms with Crippen LogP contribution in [0.2, 0.25) is 0 Å². The second-order valence-corrected chi connectivity index (χ2v) is 24.6. The fourth-order valence-corrected chi connectivity index (χ4v) is 19.4. The first-order valence-corrected chi connectivity index (χ1v) is 27.5. The van der Waals surface area contributed by atoms with Crippen molar-refractivity contribution in [2.75, 3.05) is 13.1 Å². The molecule has 12 rings (SSSR count). The lowest BCUT2D eigenvalue weighted by Gasteiger charge is -2.53. The molecule has 3 saturated heterocycles. The van der Waals surface area contributed by atoms with Crippen LogP contribution in [0.5, 0.6) is 0 Å². The largest absolute Gasteiger partial charge is 0.373 e. The molecule has 11 fully saturated rings. The summed E-state index contributed by atoms with van der Waals surface area (Å²) in [5, 5.41) is 7.64. The van der Waals surface area contributed by atoms with Gasteiger partial charge in [0, 0.05) is 18.6 Å². The molecule has 0 spiro atoms. The van der Waals surface area contributed by atoms with Crippen LogP contribution in [0, 0.1) is 88.8 Å². The molecule has 0 aromatic heterocycles. The van der Waals surface area contributed by atoms with Gasteiger partial charge in [0.2, 0.25) is 0 Å². The first-order valence-electron chi connectivity index (χ1n) is 27.5. The Labute approximate surface area is 361 Å². The predicted octanol–water partition coefficient (Wildman–Crippen LogP) is 11.7. The number of rotatable bonds is 5. The highest BCUT2D eigenvalue weighted by Crippen LogP contribution is 2.59. The highest BCUT2D eigenvalue weighted by Gasteiger charge is 2.61. The van der Waals surface area contributed by atoms with Gasteiger partial charge in [0.25, 0.3) is 0 Å². The molecule has 9 aliphatic carbocycles. The Balaban J connectivity index is 0.868. The van der Waals surface area contributed by atoms with Crippen LogP contribution in [-0.4, -0.2) is 59.6 Å². The molecule has 0 radical (unpaired) electrons. The maximum atomic E-state index is 7.87. The monoisotopic (exact) mass is 809 g/mol. The zero-order chi connectivity index (χ0) is 39.0. The van der Waals surface area contributed by atoms with Crippen LogP contribution in [0.15, 0.2) is 12.2 Å². The Kier molecular flexibility index (Phi) is 11.7. The lowest BCUT2D eigenvalue weighted by molar-refractivity contribution is -0.0962. The summed E-state index contributed by atoms with van der Waals surface area (Å²) in [5.74, 6) is 13.5. The van der Waals surface area contributed by atoms with E-state index in [0.717, 1.165) is 88.9 Å². The molecule has 5 heteroatoms. The van der Waals surface area contributed by atoms with Crippen molar-refractivity contribution in [1.82, 2.24) is 20.7 Å². The van der Waals surface area contributed by atoms with Crippen molar-refractivity contribution in [3.05, 3.63) is 12.2 Å². The molecule has 12 aliphatic rings. The zero-order valence-corrected chi connectivity index (χ0v) is 37.8. The molecule has 0 aromatic rings. The minimum absolute atomic E-state index is 0.444. The maximum Gasteiger partial charge on any atom is 0.0778 e. The number of nitrogens with zero attached hydrogens (tertiary/aromatic N) is 2. The van der Waals surface area contributed by atoms with Crippen molar-refractivity contribution in [3.63, 3.8) is 0 Å². The smallest absolute Gasteiger partial charge is 0.0778 e. The Bertz CT molecular complexity index is 1460. The summed E-state index contributed by atoms with van der Waals surface area (Å²) < 4.78 is 7.87. The number of likely N-dealkylation sites (tertiary alicyclic amines) is 1. The molecule has 5 nitrogen and oxygen atoms in total. The number of nitrogens with one attached hydrogen (secondary N) is 2. The van der Waals surface area contributed by atoms with Crippen molar-refractivity contribution in [2.45, 2.75) is 223 Å². The Morgan fingerprint density at radius 1 is 0.525 bits per heavy atom. The van der Waals surface area contributed by atoms with E-state index in [4.69, 9.17) is 4.74 Å². The quantitative estimate of drug-likeness (QED) is 0.271. The fourth-order valence-electron chi connectivity index (χ4n) is 19.4. The van der Waals surface area contributed by atoms with E-state index in [0.29, 0.717) is 36.5 Å². The van der Waals surface area contributed by atoms with Gasteiger partial charge >= 0.3 is 0 Å². The lowest BCUT2D eigenvalue weighted by Crippen LogP contribution is -2.61. The van der Waals surface area contributed by atoms with E-state index in [2.05, 4.69) is 39.7 Å². The van der Waals surface area contributed by atoms with Gasteiger partial charge in [0.15, 0.2) is 0 Å². The molecular weight excluding hydrogens is 721 g/mol. The third-order valence-electron chi connectivity index (χ3n) is 22.0. The van der Waals surface area contributed by atoms with E-state index < -0.39 is 0 Å². The zero-order valence-electron chi connectivity index (χ0n) is 37.8. The molecule has 330 valence electrons. The highest BCUT2D eigenvalue weighted by atomic mass is 16.5. The molecule has 0 bridgehead atoms. The number of fused-ring (bicyclic) bond motifs is 9. The topological polar surface area (TPSA) is 39.8 Å². The van der Waals surface area contributed by atoms with Gasteiger partial charge in [-0.2, -0.15) is 0 Å². The second kappa shape index (κ2) is 17.2. The van der Waals surface area contributed by atoms with Crippen molar-refractivity contribution in [2.24, 2.45) is 88.8 Å². The third kappa shape index (κ3) is 7.43. The van der Waals surface area contributed by atoms with Gasteiger partial charge in [-0.3, -0.25) is 10.2 Å². The summed E-state index contributed by atoms with van der Waals surface area (Å²) in [6, 6.07) is 1.42. The molecule has 20 atom stereocenters. The van der Waals surface area contributed by atoms with Crippen LogP contribution in [0.1, 0.15) is 187 Å². The minimum atomic E-state index is 0.444. The number of ether oxygens (including phenoxy) is 1. The summed E-state index contributed by atoms with van der Waals surface area (Å²) in [5.41, 5.74) is 4.50. The maximum absolute atomic E-state index is 7.87. The second-order valence-electron chi connectivity index (χ2n) is 24.6. The number of hydrogen-bond acceptors (Lipinski definition) is 5. The summed E-state index contributed by atoms with van der Waals surface area (Å²) in [6.07, 6.45) is 48.1. The summed E-state index contributed by atoms with van der Waals surface area (Å²) in [7, 11) is 0. The summed E-state index contributed by atoms with van der Waals surface area (Å²) in [4.78, 5) is 3.23. The van der Waals surface area contributed by atoms with E-state index in [-0.39, 0.29) is 0 Å². The SMILES string of the molecule is CC1CCCN(C2CCC(C3NC(C4CC5CCCCC5C5CCCCC45)NN3CC3CCCCC3)C3C4CC5CCCCC5CC4OC32)C2CC3CC=CCC3CC12. The van der Waals surface area contributed by atoms with Crippen LogP contribution in [-0.2, 0) is 4.74 Å². The molecule has 3 aliphatic heterocycles. The first-order chi connectivity index (χ1) is 29.1. The van der Waals surface area contributed by atoms with E-state index in [9.17, 15) is 0 Å². The van der Waals surface area contributed by atoms with E-state index in [1.165, 1.54) is 186 Å². The Hall–Kier alpha value is -0.460. The average Bonchev–Trinajstić information content (AvgIpc) is 3.83. The molecule has 59 heavy (non-hydrogen) atoms. The van der Waals surface area contributed by atoms with Crippen LogP contribution < -0.4 is 10.7 Å². The number of allylic oxidation sites excluding steroid dienone is 2. The van der Waals surface area contributed by atoms with Gasteiger partial charge in [-0.05, 0) is 198 Å². The molecule has 0 aromatic carbocycles. The van der Waals surface area contributed by atoms with Crippen LogP contribution in [0.3, 0.4) is 0 Å². The molecule has 0 amide bonds. The Morgan fingerprint density at radius 2 is 1.19 bits per heavy atom.